The van der Waals surface area contributed by atoms with Gasteiger partial charge in [0.15, 0.2) is 17.2 Å². The van der Waals surface area contributed by atoms with Gasteiger partial charge in [0.25, 0.3) is 0 Å². The molecule has 0 fully saturated rings. The Balaban J connectivity index is 1.95. The van der Waals surface area contributed by atoms with E-state index >= 15 is 0 Å². The van der Waals surface area contributed by atoms with Crippen LogP contribution in [-0.4, -0.2) is 24.9 Å². The molecule has 2 aromatic carbocycles. The zero-order valence-corrected chi connectivity index (χ0v) is 15.8. The summed E-state index contributed by atoms with van der Waals surface area (Å²) in [6, 6.07) is 9.61. The fourth-order valence-corrected chi connectivity index (χ4v) is 2.73. The predicted octanol–water partition coefficient (Wildman–Crippen LogP) is 4.27. The summed E-state index contributed by atoms with van der Waals surface area (Å²) in [7, 11) is 1.44. The van der Waals surface area contributed by atoms with Crippen molar-refractivity contribution in [2.45, 2.75) is 6.92 Å². The summed E-state index contributed by atoms with van der Waals surface area (Å²) < 4.78 is 15.5. The number of esters is 2. The van der Waals surface area contributed by atoms with Gasteiger partial charge in [0.05, 0.1) is 17.7 Å². The first kappa shape index (κ1) is 18.9. The summed E-state index contributed by atoms with van der Waals surface area (Å²) in [6.07, 6.45) is 1.52. The first-order valence-corrected chi connectivity index (χ1v) is 8.47. The molecule has 1 aliphatic rings. The van der Waals surface area contributed by atoms with Crippen LogP contribution in [0.15, 0.2) is 47.1 Å². The number of benzene rings is 2. The Morgan fingerprint density at radius 2 is 1.93 bits per heavy atom. The van der Waals surface area contributed by atoms with Crippen molar-refractivity contribution >= 4 is 47.1 Å². The Morgan fingerprint density at radius 1 is 1.15 bits per heavy atom. The second-order valence-corrected chi connectivity index (χ2v) is 6.31. The number of rotatable bonds is 4. The molecule has 0 saturated heterocycles. The number of ether oxygens (including phenoxy) is 3. The van der Waals surface area contributed by atoms with Crippen molar-refractivity contribution in [2.75, 3.05) is 7.11 Å². The Hall–Kier alpha value is -2.83. The molecule has 27 heavy (non-hydrogen) atoms. The molecule has 0 radical (unpaired) electrons. The first-order chi connectivity index (χ1) is 12.9. The number of methoxy groups -OCH3 is 1. The number of cyclic esters (lactones) is 1. The summed E-state index contributed by atoms with van der Waals surface area (Å²) >= 11 is 12.1. The van der Waals surface area contributed by atoms with Crippen molar-refractivity contribution in [3.8, 4) is 11.5 Å². The number of aliphatic imine (C=N–C) groups is 1. The van der Waals surface area contributed by atoms with Crippen molar-refractivity contribution in [1.29, 1.82) is 0 Å². The number of hydrogen-bond donors (Lipinski definition) is 0. The van der Waals surface area contributed by atoms with Gasteiger partial charge in [-0.15, -0.1) is 0 Å². The zero-order chi connectivity index (χ0) is 19.6. The number of carbonyl (C=O) groups excluding carboxylic acids is 2. The maximum Gasteiger partial charge on any atom is 0.363 e. The lowest BCUT2D eigenvalue weighted by Crippen LogP contribution is -2.06. The molecule has 0 unspecified atom stereocenters. The Morgan fingerprint density at radius 3 is 2.63 bits per heavy atom. The van der Waals surface area contributed by atoms with E-state index < -0.39 is 11.9 Å². The molecular formula is C19H13Cl2NO5. The molecule has 0 N–H and O–H groups in total. The molecular weight excluding hydrogens is 393 g/mol. The molecule has 3 rings (SSSR count). The van der Waals surface area contributed by atoms with E-state index in [0.29, 0.717) is 26.9 Å². The highest BCUT2D eigenvalue weighted by Crippen LogP contribution is 2.30. The van der Waals surface area contributed by atoms with Gasteiger partial charge in [-0.1, -0.05) is 29.3 Å². The highest BCUT2D eigenvalue weighted by atomic mass is 35.5. The van der Waals surface area contributed by atoms with Crippen LogP contribution in [0.3, 0.4) is 0 Å². The van der Waals surface area contributed by atoms with Crippen LogP contribution in [0.2, 0.25) is 10.0 Å². The minimum absolute atomic E-state index is 0.0715. The quantitative estimate of drug-likeness (QED) is 0.431. The molecule has 0 saturated carbocycles. The van der Waals surface area contributed by atoms with Crippen LogP contribution in [0.1, 0.15) is 18.1 Å². The van der Waals surface area contributed by atoms with Crippen molar-refractivity contribution in [3.63, 3.8) is 0 Å². The van der Waals surface area contributed by atoms with Crippen LogP contribution in [0.25, 0.3) is 6.08 Å². The summed E-state index contributed by atoms with van der Waals surface area (Å²) in [5.41, 5.74) is 1.11. The van der Waals surface area contributed by atoms with Crippen LogP contribution < -0.4 is 9.47 Å². The van der Waals surface area contributed by atoms with Gasteiger partial charge >= 0.3 is 11.9 Å². The standard InChI is InChI=1S/C19H13Cl2NO5/c1-10(23)26-16-6-3-11(8-17(16)25-2)7-15-19(24)27-18(22-15)13-9-12(20)4-5-14(13)21/h3-9H,1-2H3. The van der Waals surface area contributed by atoms with Crippen LogP contribution >= 0.6 is 23.2 Å². The van der Waals surface area contributed by atoms with Gasteiger partial charge in [-0.2, -0.15) is 0 Å². The van der Waals surface area contributed by atoms with Crippen LogP contribution in [0.4, 0.5) is 0 Å². The number of nitrogens with zero attached hydrogens (tertiary/aromatic N) is 1. The zero-order valence-electron chi connectivity index (χ0n) is 14.3. The van der Waals surface area contributed by atoms with Gasteiger partial charge in [-0.05, 0) is 42.0 Å². The smallest absolute Gasteiger partial charge is 0.363 e. The average molecular weight is 406 g/mol. The van der Waals surface area contributed by atoms with Crippen molar-refractivity contribution < 1.29 is 23.8 Å². The van der Waals surface area contributed by atoms with Gasteiger partial charge in [0.2, 0.25) is 5.90 Å². The van der Waals surface area contributed by atoms with E-state index in [9.17, 15) is 9.59 Å². The third kappa shape index (κ3) is 4.30. The molecule has 6 nitrogen and oxygen atoms in total. The van der Waals surface area contributed by atoms with Gasteiger partial charge < -0.3 is 14.2 Å². The largest absolute Gasteiger partial charge is 0.493 e. The predicted molar refractivity (Wildman–Crippen MR) is 101 cm³/mol. The Bertz CT molecular complexity index is 998. The molecule has 0 aliphatic carbocycles. The molecule has 0 bridgehead atoms. The summed E-state index contributed by atoms with van der Waals surface area (Å²) in [5.74, 6) is -0.401. The molecule has 1 aliphatic heterocycles. The topological polar surface area (TPSA) is 74.2 Å². The average Bonchev–Trinajstić information content (AvgIpc) is 2.98. The maximum absolute atomic E-state index is 12.1. The van der Waals surface area contributed by atoms with E-state index in [0.717, 1.165) is 0 Å². The van der Waals surface area contributed by atoms with E-state index in [2.05, 4.69) is 4.99 Å². The van der Waals surface area contributed by atoms with Crippen LogP contribution in [0.5, 0.6) is 11.5 Å². The molecule has 0 spiro atoms. The third-order valence-corrected chi connectivity index (χ3v) is 4.09. The summed E-state index contributed by atoms with van der Waals surface area (Å²) in [5, 5.41) is 0.802. The van der Waals surface area contributed by atoms with Crippen LogP contribution in [-0.2, 0) is 14.3 Å². The van der Waals surface area contributed by atoms with Crippen LogP contribution in [0, 0.1) is 0 Å². The first-order valence-electron chi connectivity index (χ1n) is 7.72. The minimum Gasteiger partial charge on any atom is -0.493 e. The molecule has 0 atom stereocenters. The van der Waals surface area contributed by atoms with E-state index in [1.807, 2.05) is 0 Å². The van der Waals surface area contributed by atoms with Crippen molar-refractivity contribution in [1.82, 2.24) is 0 Å². The molecule has 1 heterocycles. The highest BCUT2D eigenvalue weighted by Gasteiger charge is 2.26. The number of carbonyl (C=O) groups is 2. The van der Waals surface area contributed by atoms with Gasteiger partial charge in [-0.3, -0.25) is 4.79 Å². The SMILES string of the molecule is COc1cc(C=C2N=C(c3cc(Cl)ccc3Cl)OC2=O)ccc1OC(C)=O. The van der Waals surface area contributed by atoms with Gasteiger partial charge in [-0.25, -0.2) is 9.79 Å². The lowest BCUT2D eigenvalue weighted by Gasteiger charge is -2.08. The van der Waals surface area contributed by atoms with E-state index in [1.165, 1.54) is 20.1 Å². The second-order valence-electron chi connectivity index (χ2n) is 5.46. The maximum atomic E-state index is 12.1. The van der Waals surface area contributed by atoms with Crippen molar-refractivity contribution in [3.05, 3.63) is 63.3 Å². The van der Waals surface area contributed by atoms with E-state index in [4.69, 9.17) is 37.4 Å². The van der Waals surface area contributed by atoms with Crippen molar-refractivity contribution in [2.24, 2.45) is 4.99 Å². The summed E-state index contributed by atoms with van der Waals surface area (Å²) in [6.45, 7) is 1.29. The molecule has 0 aromatic heterocycles. The van der Waals surface area contributed by atoms with Gasteiger partial charge in [0.1, 0.15) is 0 Å². The minimum atomic E-state index is -0.621. The van der Waals surface area contributed by atoms with E-state index in [1.54, 1.807) is 36.4 Å². The second kappa shape index (κ2) is 7.82. The lowest BCUT2D eigenvalue weighted by atomic mass is 10.1. The summed E-state index contributed by atoms with van der Waals surface area (Å²) in [4.78, 5) is 27.5. The Kier molecular flexibility index (Phi) is 5.48. The Labute approximate surface area is 165 Å². The fourth-order valence-electron chi connectivity index (χ4n) is 2.36. The highest BCUT2D eigenvalue weighted by molar-refractivity contribution is 6.36. The normalized spacial score (nSPS) is 14.7. The third-order valence-electron chi connectivity index (χ3n) is 3.52. The van der Waals surface area contributed by atoms with Gasteiger partial charge in [0, 0.05) is 11.9 Å². The molecule has 0 amide bonds. The lowest BCUT2D eigenvalue weighted by molar-refractivity contribution is -0.132. The van der Waals surface area contributed by atoms with E-state index in [-0.39, 0.29) is 17.3 Å². The monoisotopic (exact) mass is 405 g/mol. The molecule has 2 aromatic rings. The number of halogens is 2. The fraction of sp³-hybridized carbons (Fsp3) is 0.105. The molecule has 8 heteroatoms. The molecule has 138 valence electrons. The number of hydrogen-bond acceptors (Lipinski definition) is 6.